The second-order valence-corrected chi connectivity index (χ2v) is 2.36. The molecule has 58 valence electrons. The maximum Gasteiger partial charge on any atom is 0.312 e. The molecule has 4 nitrogen and oxygen atoms in total. The van der Waals surface area contributed by atoms with E-state index in [1.54, 1.807) is 5.06 Å². The van der Waals surface area contributed by atoms with E-state index in [1.165, 1.54) is 0 Å². The Balaban J connectivity index is 2.19. The predicted molar refractivity (Wildman–Crippen MR) is 34.0 cm³/mol. The van der Waals surface area contributed by atoms with E-state index in [-0.39, 0.29) is 6.10 Å². The molecule has 1 rings (SSSR count). The Bertz CT molecular complexity index is 110. The second kappa shape index (κ2) is 3.53. The molecular weight excluding hydrogens is 134 g/mol. The van der Waals surface area contributed by atoms with Crippen molar-refractivity contribution in [3.8, 4) is 0 Å². The van der Waals surface area contributed by atoms with Gasteiger partial charge in [0.15, 0.2) is 0 Å². The number of carbonyl (C=O) groups is 1. The first kappa shape index (κ1) is 7.50. The molecule has 0 aromatic carbocycles. The van der Waals surface area contributed by atoms with Crippen LogP contribution in [0.3, 0.4) is 0 Å². The molecule has 0 atom stereocenters. The van der Waals surface area contributed by atoms with Gasteiger partial charge >= 0.3 is 6.47 Å². The molecule has 1 heterocycles. The maximum atomic E-state index is 9.83. The van der Waals surface area contributed by atoms with Crippen LogP contribution in [0.5, 0.6) is 0 Å². The zero-order valence-corrected chi connectivity index (χ0v) is 5.69. The van der Waals surface area contributed by atoms with Crippen LogP contribution in [0.1, 0.15) is 12.8 Å². The largest absolute Gasteiger partial charge is 0.393 e. The van der Waals surface area contributed by atoms with Crippen LogP contribution in [-0.2, 0) is 9.63 Å². The minimum atomic E-state index is -0.216. The molecule has 1 aliphatic rings. The van der Waals surface area contributed by atoms with Crippen LogP contribution in [0.2, 0.25) is 0 Å². The molecule has 0 aromatic rings. The first-order valence-electron chi connectivity index (χ1n) is 3.36. The van der Waals surface area contributed by atoms with Crippen molar-refractivity contribution < 1.29 is 14.7 Å². The van der Waals surface area contributed by atoms with Gasteiger partial charge in [0.25, 0.3) is 0 Å². The van der Waals surface area contributed by atoms with E-state index in [0.29, 0.717) is 32.4 Å². The Hall–Kier alpha value is -0.610. The molecule has 0 radical (unpaired) electrons. The molecule has 0 aliphatic carbocycles. The molecule has 10 heavy (non-hydrogen) atoms. The fourth-order valence-electron chi connectivity index (χ4n) is 1.01. The lowest BCUT2D eigenvalue weighted by molar-refractivity contribution is -0.182. The quantitative estimate of drug-likeness (QED) is 0.534. The molecule has 1 N–H and O–H groups in total. The molecule has 0 saturated carbocycles. The summed E-state index contributed by atoms with van der Waals surface area (Å²) < 4.78 is 0. The van der Waals surface area contributed by atoms with Gasteiger partial charge in [-0.3, -0.25) is 4.79 Å². The van der Waals surface area contributed by atoms with Crippen molar-refractivity contribution in [2.75, 3.05) is 13.1 Å². The molecule has 0 unspecified atom stereocenters. The normalized spacial score (nSPS) is 22.5. The number of hydrogen-bond donors (Lipinski definition) is 1. The zero-order valence-electron chi connectivity index (χ0n) is 5.69. The average molecular weight is 145 g/mol. The highest BCUT2D eigenvalue weighted by Crippen LogP contribution is 2.08. The van der Waals surface area contributed by atoms with Crippen LogP contribution in [0.4, 0.5) is 0 Å². The van der Waals surface area contributed by atoms with Crippen LogP contribution in [-0.4, -0.2) is 35.8 Å². The molecule has 0 bridgehead atoms. The van der Waals surface area contributed by atoms with Crippen molar-refractivity contribution in [3.63, 3.8) is 0 Å². The first-order valence-corrected chi connectivity index (χ1v) is 3.36. The Morgan fingerprint density at radius 3 is 2.60 bits per heavy atom. The van der Waals surface area contributed by atoms with Gasteiger partial charge in [-0.15, -0.1) is 5.06 Å². The highest BCUT2D eigenvalue weighted by molar-refractivity contribution is 5.36. The number of rotatable bonds is 2. The third kappa shape index (κ3) is 1.97. The molecular formula is C6H11NO3. The summed E-state index contributed by atoms with van der Waals surface area (Å²) in [7, 11) is 0. The van der Waals surface area contributed by atoms with E-state index in [4.69, 9.17) is 5.11 Å². The topological polar surface area (TPSA) is 49.8 Å². The number of aliphatic hydroxyl groups excluding tert-OH is 1. The third-order valence-corrected chi connectivity index (χ3v) is 1.62. The van der Waals surface area contributed by atoms with Gasteiger partial charge in [0.1, 0.15) is 0 Å². The highest BCUT2D eigenvalue weighted by atomic mass is 16.7. The fourth-order valence-corrected chi connectivity index (χ4v) is 1.01. The third-order valence-electron chi connectivity index (χ3n) is 1.62. The predicted octanol–water partition coefficient (Wildman–Crippen LogP) is -0.469. The minimum absolute atomic E-state index is 0.216. The van der Waals surface area contributed by atoms with Gasteiger partial charge in [0.2, 0.25) is 0 Å². The lowest BCUT2D eigenvalue weighted by Gasteiger charge is -2.26. The molecule has 0 aromatic heterocycles. The van der Waals surface area contributed by atoms with Crippen LogP contribution in [0, 0.1) is 0 Å². The average Bonchev–Trinajstić information content (AvgIpc) is 1.95. The summed E-state index contributed by atoms with van der Waals surface area (Å²) in [5.41, 5.74) is 0. The number of hydroxylamine groups is 2. The second-order valence-electron chi connectivity index (χ2n) is 2.36. The van der Waals surface area contributed by atoms with E-state index in [2.05, 4.69) is 4.84 Å². The number of piperidine rings is 1. The summed E-state index contributed by atoms with van der Waals surface area (Å²) in [5.74, 6) is 0. The molecule has 1 aliphatic heterocycles. The van der Waals surface area contributed by atoms with E-state index < -0.39 is 0 Å². The summed E-state index contributed by atoms with van der Waals surface area (Å²) in [6.45, 7) is 1.69. The summed E-state index contributed by atoms with van der Waals surface area (Å²) in [6, 6.07) is 0. The first-order chi connectivity index (χ1) is 4.83. The zero-order chi connectivity index (χ0) is 7.40. The molecule has 4 heteroatoms. The van der Waals surface area contributed by atoms with Crippen LogP contribution >= 0.6 is 0 Å². The monoisotopic (exact) mass is 145 g/mol. The van der Waals surface area contributed by atoms with Crippen molar-refractivity contribution in [3.05, 3.63) is 0 Å². The fraction of sp³-hybridized carbons (Fsp3) is 0.833. The minimum Gasteiger partial charge on any atom is -0.393 e. The number of carbonyl (C=O) groups excluding carboxylic acids is 1. The van der Waals surface area contributed by atoms with Crippen molar-refractivity contribution in [1.29, 1.82) is 0 Å². The Morgan fingerprint density at radius 1 is 1.50 bits per heavy atom. The Morgan fingerprint density at radius 2 is 2.10 bits per heavy atom. The number of nitrogens with zero attached hydrogens (tertiary/aromatic N) is 1. The lowest BCUT2D eigenvalue weighted by atomic mass is 10.1. The van der Waals surface area contributed by atoms with Gasteiger partial charge in [0, 0.05) is 13.1 Å². The van der Waals surface area contributed by atoms with Gasteiger partial charge < -0.3 is 9.94 Å². The summed E-state index contributed by atoms with van der Waals surface area (Å²) in [6.07, 6.45) is 1.16. The molecule has 0 amide bonds. The smallest absolute Gasteiger partial charge is 0.312 e. The van der Waals surface area contributed by atoms with Crippen molar-refractivity contribution in [2.24, 2.45) is 0 Å². The van der Waals surface area contributed by atoms with E-state index in [1.807, 2.05) is 0 Å². The van der Waals surface area contributed by atoms with Gasteiger partial charge in [-0.05, 0) is 12.8 Å². The van der Waals surface area contributed by atoms with Crippen molar-refractivity contribution >= 4 is 6.47 Å². The van der Waals surface area contributed by atoms with Gasteiger partial charge in [-0.2, -0.15) is 0 Å². The van der Waals surface area contributed by atoms with Gasteiger partial charge in [0.05, 0.1) is 6.10 Å². The molecule has 0 spiro atoms. The van der Waals surface area contributed by atoms with Crippen molar-refractivity contribution in [2.45, 2.75) is 18.9 Å². The molecule has 1 saturated heterocycles. The lowest BCUT2D eigenvalue weighted by Crippen LogP contribution is -2.35. The van der Waals surface area contributed by atoms with E-state index in [0.717, 1.165) is 0 Å². The SMILES string of the molecule is O=CON1CCC(O)CC1. The van der Waals surface area contributed by atoms with E-state index >= 15 is 0 Å². The Labute approximate surface area is 59.3 Å². The highest BCUT2D eigenvalue weighted by Gasteiger charge is 2.16. The molecule has 1 fully saturated rings. The number of aliphatic hydroxyl groups is 1. The Kier molecular flexibility index (Phi) is 2.65. The van der Waals surface area contributed by atoms with Gasteiger partial charge in [-0.1, -0.05) is 0 Å². The van der Waals surface area contributed by atoms with E-state index in [9.17, 15) is 4.79 Å². The standard InChI is InChI=1S/C6H11NO3/c8-5-10-7-3-1-6(9)2-4-7/h5-6,9H,1-4H2. The summed E-state index contributed by atoms with van der Waals surface area (Å²) in [5, 5.41) is 10.6. The van der Waals surface area contributed by atoms with Crippen molar-refractivity contribution in [1.82, 2.24) is 5.06 Å². The van der Waals surface area contributed by atoms with Crippen LogP contribution in [0.25, 0.3) is 0 Å². The van der Waals surface area contributed by atoms with Crippen LogP contribution in [0.15, 0.2) is 0 Å². The van der Waals surface area contributed by atoms with Crippen LogP contribution < -0.4 is 0 Å². The number of hydrogen-bond acceptors (Lipinski definition) is 4. The summed E-state index contributed by atoms with van der Waals surface area (Å²) >= 11 is 0. The van der Waals surface area contributed by atoms with Gasteiger partial charge in [-0.25, -0.2) is 0 Å². The maximum absolute atomic E-state index is 9.83. The summed E-state index contributed by atoms with van der Waals surface area (Å²) in [4.78, 5) is 14.4.